The van der Waals surface area contributed by atoms with Gasteiger partial charge in [-0.25, -0.2) is 18.4 Å². The molecule has 174 valence electrons. The smallest absolute Gasteiger partial charge is 0.238 e. The minimum Gasteiger partial charge on any atom is -0.325 e. The molecule has 4 rings (SSSR count). The Hall–Kier alpha value is -2.86. The molecule has 11 heteroatoms. The van der Waals surface area contributed by atoms with E-state index in [0.717, 1.165) is 16.8 Å². The molecule has 3 N–H and O–H groups in total. The van der Waals surface area contributed by atoms with Crippen molar-refractivity contribution in [2.24, 2.45) is 0 Å². The van der Waals surface area contributed by atoms with Crippen LogP contribution >= 0.6 is 11.3 Å². The molecule has 0 spiro atoms. The Morgan fingerprint density at radius 3 is 2.55 bits per heavy atom. The standard InChI is InChI=1S/C22H26N6O3S2/c29-21(15-23-5-6-28-7-10-33(30,31)11-8-28)26-19-2-1-3-20(12-19)27-22-24-13-18(14-25-22)17-4-9-32-16-17/h1-4,9,12-14,16,23H,5-8,10-11,15H2,(H,26,29)(H,24,25,27). The summed E-state index contributed by atoms with van der Waals surface area (Å²) in [6, 6.07) is 9.39. The second kappa shape index (κ2) is 10.8. The van der Waals surface area contributed by atoms with Crippen molar-refractivity contribution in [2.45, 2.75) is 0 Å². The van der Waals surface area contributed by atoms with Crippen LogP contribution in [0.2, 0.25) is 0 Å². The van der Waals surface area contributed by atoms with Crippen LogP contribution in [0.5, 0.6) is 0 Å². The molecular formula is C22H26N6O3S2. The Labute approximate surface area is 197 Å². The predicted molar refractivity (Wildman–Crippen MR) is 132 cm³/mol. The van der Waals surface area contributed by atoms with Gasteiger partial charge in [0.05, 0.1) is 18.1 Å². The van der Waals surface area contributed by atoms with Crippen molar-refractivity contribution in [1.82, 2.24) is 20.2 Å². The number of carbonyl (C=O) groups is 1. The summed E-state index contributed by atoms with van der Waals surface area (Å²) in [6.45, 7) is 2.62. The van der Waals surface area contributed by atoms with Gasteiger partial charge in [0.25, 0.3) is 0 Å². The molecule has 3 aromatic rings. The summed E-state index contributed by atoms with van der Waals surface area (Å²) in [5.41, 5.74) is 3.49. The third kappa shape index (κ3) is 7.06. The molecule has 1 aliphatic heterocycles. The molecule has 1 aromatic carbocycles. The van der Waals surface area contributed by atoms with Crippen molar-refractivity contribution in [3.05, 3.63) is 53.5 Å². The predicted octanol–water partition coefficient (Wildman–Crippen LogP) is 2.21. The van der Waals surface area contributed by atoms with Crippen LogP contribution < -0.4 is 16.0 Å². The lowest BCUT2D eigenvalue weighted by molar-refractivity contribution is -0.115. The lowest BCUT2D eigenvalue weighted by atomic mass is 10.2. The number of anilines is 3. The number of amides is 1. The number of rotatable bonds is 9. The average molecular weight is 487 g/mol. The summed E-state index contributed by atoms with van der Waals surface area (Å²) in [5.74, 6) is 0.748. The highest BCUT2D eigenvalue weighted by Crippen LogP contribution is 2.22. The first kappa shape index (κ1) is 23.3. The van der Waals surface area contributed by atoms with Crippen molar-refractivity contribution in [1.29, 1.82) is 0 Å². The zero-order valence-electron chi connectivity index (χ0n) is 18.0. The summed E-state index contributed by atoms with van der Waals surface area (Å²) in [7, 11) is -2.87. The number of hydrogen-bond acceptors (Lipinski definition) is 9. The molecule has 0 radical (unpaired) electrons. The molecule has 1 fully saturated rings. The molecule has 1 aliphatic rings. The van der Waals surface area contributed by atoms with Crippen molar-refractivity contribution < 1.29 is 13.2 Å². The van der Waals surface area contributed by atoms with Gasteiger partial charge in [-0.1, -0.05) is 6.07 Å². The molecule has 2 aromatic heterocycles. The maximum absolute atomic E-state index is 12.3. The van der Waals surface area contributed by atoms with E-state index >= 15 is 0 Å². The summed E-state index contributed by atoms with van der Waals surface area (Å²) >= 11 is 1.63. The van der Waals surface area contributed by atoms with Gasteiger partial charge in [0.15, 0.2) is 9.84 Å². The lowest BCUT2D eigenvalue weighted by Gasteiger charge is -2.26. The van der Waals surface area contributed by atoms with Gasteiger partial charge in [-0.2, -0.15) is 11.3 Å². The number of carbonyl (C=O) groups excluding carboxylic acids is 1. The van der Waals surface area contributed by atoms with Crippen LogP contribution in [0.3, 0.4) is 0 Å². The van der Waals surface area contributed by atoms with Gasteiger partial charge in [-0.15, -0.1) is 0 Å². The fraction of sp³-hybridized carbons (Fsp3) is 0.318. The quantitative estimate of drug-likeness (QED) is 0.394. The number of aromatic nitrogens is 2. The fourth-order valence-electron chi connectivity index (χ4n) is 3.39. The molecule has 1 amide bonds. The van der Waals surface area contributed by atoms with Crippen molar-refractivity contribution >= 4 is 44.4 Å². The van der Waals surface area contributed by atoms with Crippen LogP contribution in [-0.4, -0.2) is 73.4 Å². The number of sulfone groups is 1. The topological polar surface area (TPSA) is 116 Å². The van der Waals surface area contributed by atoms with Gasteiger partial charge in [0, 0.05) is 55.5 Å². The third-order valence-corrected chi connectivity index (χ3v) is 7.53. The van der Waals surface area contributed by atoms with Gasteiger partial charge < -0.3 is 20.9 Å². The Kier molecular flexibility index (Phi) is 7.65. The highest BCUT2D eigenvalue weighted by atomic mass is 32.2. The summed E-state index contributed by atoms with van der Waals surface area (Å²) in [5, 5.41) is 13.2. The second-order valence-corrected chi connectivity index (χ2v) is 10.8. The molecule has 9 nitrogen and oxygen atoms in total. The fourth-order valence-corrected chi connectivity index (χ4v) is 5.33. The highest BCUT2D eigenvalue weighted by molar-refractivity contribution is 7.91. The van der Waals surface area contributed by atoms with Crippen molar-refractivity contribution in [3.63, 3.8) is 0 Å². The molecule has 0 saturated carbocycles. The number of nitrogens with one attached hydrogen (secondary N) is 3. The van der Waals surface area contributed by atoms with E-state index in [1.807, 2.05) is 41.1 Å². The number of benzene rings is 1. The second-order valence-electron chi connectivity index (χ2n) is 7.73. The van der Waals surface area contributed by atoms with Gasteiger partial charge in [0.1, 0.15) is 0 Å². The van der Waals surface area contributed by atoms with E-state index in [1.165, 1.54) is 0 Å². The van der Waals surface area contributed by atoms with Crippen molar-refractivity contribution in [3.8, 4) is 11.1 Å². The first-order valence-electron chi connectivity index (χ1n) is 10.6. The summed E-state index contributed by atoms with van der Waals surface area (Å²) < 4.78 is 22.9. The average Bonchev–Trinajstić information content (AvgIpc) is 3.33. The molecule has 33 heavy (non-hydrogen) atoms. The van der Waals surface area contributed by atoms with Gasteiger partial charge >= 0.3 is 0 Å². The van der Waals surface area contributed by atoms with E-state index in [9.17, 15) is 13.2 Å². The van der Waals surface area contributed by atoms with E-state index in [4.69, 9.17) is 0 Å². The maximum Gasteiger partial charge on any atom is 0.238 e. The zero-order valence-corrected chi connectivity index (χ0v) is 19.7. The molecule has 0 aliphatic carbocycles. The van der Waals surface area contributed by atoms with Gasteiger partial charge in [-0.3, -0.25) is 4.79 Å². The third-order valence-electron chi connectivity index (χ3n) is 5.24. The molecule has 1 saturated heterocycles. The SMILES string of the molecule is O=C(CNCCN1CCS(=O)(=O)CC1)Nc1cccc(Nc2ncc(-c3ccsc3)cn2)c1. The maximum atomic E-state index is 12.3. The number of hydrogen-bond donors (Lipinski definition) is 3. The Morgan fingerprint density at radius 1 is 1.06 bits per heavy atom. The molecular weight excluding hydrogens is 460 g/mol. The number of nitrogens with zero attached hydrogens (tertiary/aromatic N) is 3. The Bertz CT molecular complexity index is 1150. The summed E-state index contributed by atoms with van der Waals surface area (Å²) in [6.07, 6.45) is 3.55. The van der Waals surface area contributed by atoms with Crippen LogP contribution in [0.4, 0.5) is 17.3 Å². The molecule has 3 heterocycles. The van der Waals surface area contributed by atoms with Crippen LogP contribution in [-0.2, 0) is 14.6 Å². The minimum atomic E-state index is -2.87. The lowest BCUT2D eigenvalue weighted by Crippen LogP contribution is -2.43. The molecule has 0 unspecified atom stereocenters. The van der Waals surface area contributed by atoms with E-state index in [-0.39, 0.29) is 24.0 Å². The van der Waals surface area contributed by atoms with E-state index in [0.29, 0.717) is 37.8 Å². The van der Waals surface area contributed by atoms with E-state index in [1.54, 1.807) is 23.7 Å². The molecule has 0 atom stereocenters. The van der Waals surface area contributed by atoms with Gasteiger partial charge in [0.2, 0.25) is 11.9 Å². The first-order valence-corrected chi connectivity index (χ1v) is 13.4. The largest absolute Gasteiger partial charge is 0.325 e. The monoisotopic (exact) mass is 486 g/mol. The van der Waals surface area contributed by atoms with E-state index in [2.05, 4.69) is 30.8 Å². The van der Waals surface area contributed by atoms with E-state index < -0.39 is 9.84 Å². The highest BCUT2D eigenvalue weighted by Gasteiger charge is 2.20. The van der Waals surface area contributed by atoms with Gasteiger partial charge in [-0.05, 0) is 40.6 Å². The van der Waals surface area contributed by atoms with Crippen molar-refractivity contribution in [2.75, 3.05) is 54.9 Å². The zero-order chi connectivity index (χ0) is 23.1. The summed E-state index contributed by atoms with van der Waals surface area (Å²) in [4.78, 5) is 23.1. The van der Waals surface area contributed by atoms with Crippen LogP contribution in [0.25, 0.3) is 11.1 Å². The first-order chi connectivity index (χ1) is 16.0. The van der Waals surface area contributed by atoms with Crippen LogP contribution in [0.1, 0.15) is 0 Å². The minimum absolute atomic E-state index is 0.148. The van der Waals surface area contributed by atoms with Crippen LogP contribution in [0.15, 0.2) is 53.5 Å². The molecule has 0 bridgehead atoms. The normalized spacial score (nSPS) is 15.8. The van der Waals surface area contributed by atoms with Crippen LogP contribution in [0, 0.1) is 0 Å². The number of thiophene rings is 1. The Morgan fingerprint density at radius 2 is 1.82 bits per heavy atom. The Balaban J connectivity index is 1.21.